The number of H-pyrrole nitrogens is 3. The molecule has 0 aliphatic heterocycles. The van der Waals surface area contributed by atoms with Gasteiger partial charge in [-0.15, -0.1) is 0 Å². The maximum atomic E-state index is 4.73. The lowest BCUT2D eigenvalue weighted by molar-refractivity contribution is 1.09. The predicted molar refractivity (Wildman–Crippen MR) is 86.6 cm³/mol. The molecule has 0 radical (unpaired) electrons. The summed E-state index contributed by atoms with van der Waals surface area (Å²) in [5.74, 6) is 0. The molecule has 0 saturated carbocycles. The van der Waals surface area contributed by atoms with E-state index in [1.165, 1.54) is 0 Å². The van der Waals surface area contributed by atoms with Crippen LogP contribution in [0.3, 0.4) is 0 Å². The molecule has 7 nitrogen and oxygen atoms in total. The molecule has 0 aromatic carbocycles. The molecule has 7 heteroatoms. The van der Waals surface area contributed by atoms with Crippen molar-refractivity contribution in [2.45, 2.75) is 0 Å². The molecule has 0 fully saturated rings. The van der Waals surface area contributed by atoms with Crippen LogP contribution in [0, 0.1) is 0 Å². The number of hydrogen-bond donors (Lipinski definition) is 3. The summed E-state index contributed by atoms with van der Waals surface area (Å²) in [6.45, 7) is 0. The fraction of sp³-hybridized carbons (Fsp3) is 0. The molecule has 0 spiro atoms. The van der Waals surface area contributed by atoms with Crippen LogP contribution in [0.4, 0.5) is 0 Å². The van der Waals surface area contributed by atoms with Gasteiger partial charge < -0.3 is 4.98 Å². The zero-order valence-electron chi connectivity index (χ0n) is 11.9. The summed E-state index contributed by atoms with van der Waals surface area (Å²) in [5.41, 5.74) is 6.00. The van der Waals surface area contributed by atoms with Crippen molar-refractivity contribution in [3.05, 3.63) is 48.9 Å². The monoisotopic (exact) mass is 301 g/mol. The van der Waals surface area contributed by atoms with Gasteiger partial charge in [0.05, 0.1) is 23.1 Å². The molecule has 0 aliphatic rings. The summed E-state index contributed by atoms with van der Waals surface area (Å²) < 4.78 is 0. The number of aromatic nitrogens is 7. The highest BCUT2D eigenvalue weighted by Crippen LogP contribution is 2.28. The zero-order valence-corrected chi connectivity index (χ0v) is 11.9. The van der Waals surface area contributed by atoms with Crippen LogP contribution in [0.1, 0.15) is 0 Å². The molecular weight excluding hydrogens is 290 g/mol. The first kappa shape index (κ1) is 12.1. The van der Waals surface area contributed by atoms with E-state index in [2.05, 4.69) is 30.4 Å². The Hall–Kier alpha value is -3.48. The van der Waals surface area contributed by atoms with Crippen molar-refractivity contribution < 1.29 is 0 Å². The van der Waals surface area contributed by atoms with Crippen molar-refractivity contribution in [3.63, 3.8) is 0 Å². The Labute approximate surface area is 129 Å². The van der Waals surface area contributed by atoms with E-state index in [4.69, 9.17) is 4.98 Å². The van der Waals surface area contributed by atoms with E-state index in [9.17, 15) is 0 Å². The highest BCUT2D eigenvalue weighted by Gasteiger charge is 2.13. The Bertz CT molecular complexity index is 1080. The molecule has 3 N–H and O–H groups in total. The molecule has 5 aromatic heterocycles. The van der Waals surface area contributed by atoms with Gasteiger partial charge in [-0.05, 0) is 30.3 Å². The summed E-state index contributed by atoms with van der Waals surface area (Å²) >= 11 is 0. The van der Waals surface area contributed by atoms with Crippen LogP contribution in [0.2, 0.25) is 0 Å². The van der Waals surface area contributed by atoms with E-state index in [1.807, 2.05) is 36.5 Å². The van der Waals surface area contributed by atoms with Crippen LogP contribution >= 0.6 is 0 Å². The number of nitrogens with zero attached hydrogens (tertiary/aromatic N) is 4. The standard InChI is InChI=1S/C16H11N7/c1-2-9-6-13(21-16(9)17-5-1)15-14-12(22-23-15)4-3-11(20-14)10-7-18-19-8-10/h1-8H,(H,17,21)(H,18,19)(H,22,23). The van der Waals surface area contributed by atoms with E-state index < -0.39 is 0 Å². The topological polar surface area (TPSA) is 98.9 Å². The van der Waals surface area contributed by atoms with Gasteiger partial charge >= 0.3 is 0 Å². The molecule has 0 saturated heterocycles. The van der Waals surface area contributed by atoms with Gasteiger partial charge in [-0.25, -0.2) is 9.97 Å². The van der Waals surface area contributed by atoms with Crippen molar-refractivity contribution in [1.29, 1.82) is 0 Å². The minimum Gasteiger partial charge on any atom is -0.338 e. The quantitative estimate of drug-likeness (QED) is 0.467. The van der Waals surface area contributed by atoms with E-state index in [0.29, 0.717) is 0 Å². The minimum atomic E-state index is 0.781. The smallest absolute Gasteiger partial charge is 0.137 e. The Balaban J connectivity index is 1.73. The fourth-order valence-electron chi connectivity index (χ4n) is 2.72. The second kappa shape index (κ2) is 4.51. The number of nitrogens with one attached hydrogen (secondary N) is 3. The first-order chi connectivity index (χ1) is 11.4. The van der Waals surface area contributed by atoms with Crippen LogP contribution in [-0.2, 0) is 0 Å². The molecule has 110 valence electrons. The summed E-state index contributed by atoms with van der Waals surface area (Å²) in [5, 5.41) is 15.3. The third-order valence-electron chi connectivity index (χ3n) is 3.85. The minimum absolute atomic E-state index is 0.781. The maximum absolute atomic E-state index is 4.73. The number of aromatic amines is 3. The highest BCUT2D eigenvalue weighted by atomic mass is 15.1. The van der Waals surface area contributed by atoms with Gasteiger partial charge in [0.25, 0.3) is 0 Å². The summed E-state index contributed by atoms with van der Waals surface area (Å²) in [7, 11) is 0. The summed E-state index contributed by atoms with van der Waals surface area (Å²) in [4.78, 5) is 12.3. The number of pyridine rings is 2. The molecule has 23 heavy (non-hydrogen) atoms. The van der Waals surface area contributed by atoms with Gasteiger partial charge in [0.15, 0.2) is 0 Å². The average molecular weight is 301 g/mol. The van der Waals surface area contributed by atoms with Gasteiger partial charge in [-0.3, -0.25) is 10.2 Å². The van der Waals surface area contributed by atoms with Gasteiger partial charge in [0, 0.05) is 23.3 Å². The van der Waals surface area contributed by atoms with E-state index >= 15 is 0 Å². The normalized spacial score (nSPS) is 11.5. The Morgan fingerprint density at radius 3 is 2.96 bits per heavy atom. The summed E-state index contributed by atoms with van der Waals surface area (Å²) in [6.07, 6.45) is 5.34. The molecule has 5 aromatic rings. The molecule has 0 atom stereocenters. The van der Waals surface area contributed by atoms with Gasteiger partial charge in [-0.1, -0.05) is 0 Å². The van der Waals surface area contributed by atoms with Gasteiger partial charge in [0.2, 0.25) is 0 Å². The SMILES string of the molecule is c1cnc2[nH]c(-c3n[nH]c4ccc(-c5cn[nH]c5)nc34)cc2c1. The average Bonchev–Trinajstić information content (AvgIpc) is 3.32. The lowest BCUT2D eigenvalue weighted by atomic mass is 10.2. The van der Waals surface area contributed by atoms with Crippen molar-refractivity contribution in [3.8, 4) is 22.6 Å². The molecule has 0 aliphatic carbocycles. The van der Waals surface area contributed by atoms with Crippen LogP contribution in [0.5, 0.6) is 0 Å². The molecule has 0 bridgehead atoms. The van der Waals surface area contributed by atoms with Crippen molar-refractivity contribution in [1.82, 2.24) is 35.3 Å². The number of hydrogen-bond acceptors (Lipinski definition) is 4. The zero-order chi connectivity index (χ0) is 15.2. The van der Waals surface area contributed by atoms with Crippen molar-refractivity contribution in [2.75, 3.05) is 0 Å². The van der Waals surface area contributed by atoms with E-state index in [-0.39, 0.29) is 0 Å². The second-order valence-electron chi connectivity index (χ2n) is 5.28. The lowest BCUT2D eigenvalue weighted by Crippen LogP contribution is -1.84. The third kappa shape index (κ3) is 1.83. The van der Waals surface area contributed by atoms with Gasteiger partial charge in [0.1, 0.15) is 16.9 Å². The maximum Gasteiger partial charge on any atom is 0.137 e. The number of rotatable bonds is 2. The van der Waals surface area contributed by atoms with Crippen LogP contribution in [0.15, 0.2) is 48.9 Å². The van der Waals surface area contributed by atoms with Crippen LogP contribution in [-0.4, -0.2) is 35.3 Å². The largest absolute Gasteiger partial charge is 0.338 e. The third-order valence-corrected chi connectivity index (χ3v) is 3.85. The molecule has 5 rings (SSSR count). The van der Waals surface area contributed by atoms with Gasteiger partial charge in [-0.2, -0.15) is 10.2 Å². The van der Waals surface area contributed by atoms with Crippen molar-refractivity contribution >= 4 is 22.1 Å². The van der Waals surface area contributed by atoms with E-state index in [0.717, 1.165) is 44.7 Å². The van der Waals surface area contributed by atoms with Crippen LogP contribution in [0.25, 0.3) is 44.7 Å². The molecule has 5 heterocycles. The van der Waals surface area contributed by atoms with Crippen molar-refractivity contribution in [2.24, 2.45) is 0 Å². The fourth-order valence-corrected chi connectivity index (χ4v) is 2.72. The van der Waals surface area contributed by atoms with E-state index in [1.54, 1.807) is 12.4 Å². The molecule has 0 unspecified atom stereocenters. The predicted octanol–water partition coefficient (Wildman–Crippen LogP) is 2.89. The number of fused-ring (bicyclic) bond motifs is 2. The Morgan fingerprint density at radius 1 is 1.09 bits per heavy atom. The Kier molecular flexibility index (Phi) is 2.37. The first-order valence-corrected chi connectivity index (χ1v) is 7.17. The summed E-state index contributed by atoms with van der Waals surface area (Å²) in [6, 6.07) is 9.88. The highest BCUT2D eigenvalue weighted by molar-refractivity contribution is 5.93. The van der Waals surface area contributed by atoms with Crippen LogP contribution < -0.4 is 0 Å². The molecular formula is C16H11N7. The molecule has 0 amide bonds. The lowest BCUT2D eigenvalue weighted by Gasteiger charge is -1.97. The Morgan fingerprint density at radius 2 is 2.09 bits per heavy atom. The first-order valence-electron chi connectivity index (χ1n) is 7.17. The second-order valence-corrected chi connectivity index (χ2v) is 5.28.